The molecule has 0 aliphatic carbocycles. The van der Waals surface area contributed by atoms with Crippen molar-refractivity contribution in [2.75, 3.05) is 0 Å². The molecule has 11 heteroatoms. The Kier molecular flexibility index (Phi) is 5.25. The van der Waals surface area contributed by atoms with E-state index in [0.29, 0.717) is 6.54 Å². The Morgan fingerprint density at radius 3 is 2.79 bits per heavy atom. The normalized spacial score (nSPS) is 11.1. The molecule has 148 valence electrons. The van der Waals surface area contributed by atoms with Crippen LogP contribution in [0.25, 0.3) is 11.2 Å². The van der Waals surface area contributed by atoms with Gasteiger partial charge in [-0.2, -0.15) is 0 Å². The van der Waals surface area contributed by atoms with E-state index in [2.05, 4.69) is 9.97 Å². The second-order valence-corrected chi connectivity index (χ2v) is 6.18. The number of nitrogens with one attached hydrogen (secondary N) is 1. The van der Waals surface area contributed by atoms with Gasteiger partial charge < -0.3 is 9.30 Å². The number of ether oxygens (including phenoxy) is 1. The lowest BCUT2D eigenvalue weighted by Crippen LogP contribution is -2.31. The molecule has 0 atom stereocenters. The molecule has 3 rings (SSSR count). The highest BCUT2D eigenvalue weighted by Crippen LogP contribution is 2.28. The zero-order valence-corrected chi connectivity index (χ0v) is 15.3. The van der Waals surface area contributed by atoms with Crippen LogP contribution in [0.5, 0.6) is 5.75 Å². The highest BCUT2D eigenvalue weighted by Gasteiger charge is 2.19. The first kappa shape index (κ1) is 19.3. The summed E-state index contributed by atoms with van der Waals surface area (Å²) >= 11 is 0. The number of hydrogen-bond acceptors (Lipinski definition) is 6. The van der Waals surface area contributed by atoms with E-state index in [9.17, 15) is 24.1 Å². The maximum atomic E-state index is 13.4. The number of fused-ring (bicyclic) bond motifs is 1. The van der Waals surface area contributed by atoms with Gasteiger partial charge in [0.25, 0.3) is 5.56 Å². The summed E-state index contributed by atoms with van der Waals surface area (Å²) in [5, 5.41) is 11.1. The first-order chi connectivity index (χ1) is 13.3. The third-order valence-corrected chi connectivity index (χ3v) is 4.32. The van der Waals surface area contributed by atoms with Gasteiger partial charge in [-0.05, 0) is 12.5 Å². The fraction of sp³-hybridized carbons (Fsp3) is 0.353. The number of aryl methyl sites for hydroxylation is 2. The van der Waals surface area contributed by atoms with Crippen molar-refractivity contribution in [1.29, 1.82) is 0 Å². The maximum absolute atomic E-state index is 13.4. The molecule has 0 radical (unpaired) electrons. The number of aromatic amines is 1. The lowest BCUT2D eigenvalue weighted by atomic mass is 10.3. The van der Waals surface area contributed by atoms with Gasteiger partial charge in [0.05, 0.1) is 4.92 Å². The summed E-state index contributed by atoms with van der Waals surface area (Å²) in [6.07, 6.45) is 1.57. The van der Waals surface area contributed by atoms with E-state index in [-0.39, 0.29) is 29.3 Å². The summed E-state index contributed by atoms with van der Waals surface area (Å²) in [4.78, 5) is 41.3. The molecule has 0 spiro atoms. The molecule has 0 fully saturated rings. The van der Waals surface area contributed by atoms with Gasteiger partial charge in [-0.1, -0.05) is 13.3 Å². The van der Waals surface area contributed by atoms with E-state index < -0.39 is 27.7 Å². The Bertz CT molecular complexity index is 1160. The van der Waals surface area contributed by atoms with E-state index in [1.54, 1.807) is 7.05 Å². The van der Waals surface area contributed by atoms with E-state index in [0.717, 1.165) is 31.0 Å². The minimum Gasteiger partial charge on any atom is -0.479 e. The smallest absolute Gasteiger partial charge is 0.330 e. The predicted molar refractivity (Wildman–Crippen MR) is 97.9 cm³/mol. The molecule has 1 N–H and O–H groups in total. The highest BCUT2D eigenvalue weighted by molar-refractivity contribution is 5.70. The number of nitrogens with zero attached hydrogens (tertiary/aromatic N) is 4. The molecule has 28 heavy (non-hydrogen) atoms. The van der Waals surface area contributed by atoms with Crippen LogP contribution >= 0.6 is 0 Å². The van der Waals surface area contributed by atoms with Crippen molar-refractivity contribution in [3.05, 3.63) is 60.8 Å². The van der Waals surface area contributed by atoms with Crippen molar-refractivity contribution >= 4 is 16.9 Å². The number of rotatable bonds is 7. The fourth-order valence-electron chi connectivity index (χ4n) is 2.84. The van der Waals surface area contributed by atoms with Crippen LogP contribution in [0.15, 0.2) is 27.8 Å². The van der Waals surface area contributed by atoms with Gasteiger partial charge in [0.15, 0.2) is 16.9 Å². The standard InChI is InChI=1S/C17H18FN5O5/c1-3-4-7-22-15-14(16(24)20-17(22)25)21(2)13(19-15)9-28-12-8-10(18)5-6-11(12)23(26)27/h5-6,8H,3-4,7,9H2,1-2H3,(H,20,24,25). The number of H-pyrrole nitrogens is 1. The molecule has 0 aliphatic heterocycles. The molecule has 2 aromatic heterocycles. The molecule has 1 aromatic carbocycles. The van der Waals surface area contributed by atoms with Crippen LogP contribution in [0.4, 0.5) is 10.1 Å². The molecule has 0 bridgehead atoms. The molecular formula is C17H18FN5O5. The Morgan fingerprint density at radius 1 is 1.36 bits per heavy atom. The highest BCUT2D eigenvalue weighted by atomic mass is 19.1. The number of unbranched alkanes of at least 4 members (excludes halogenated alkanes) is 1. The maximum Gasteiger partial charge on any atom is 0.330 e. The minimum atomic E-state index is -0.685. The van der Waals surface area contributed by atoms with E-state index in [1.807, 2.05) is 6.92 Å². The van der Waals surface area contributed by atoms with Gasteiger partial charge in [-0.3, -0.25) is 24.5 Å². The largest absolute Gasteiger partial charge is 0.479 e. The Morgan fingerprint density at radius 2 is 2.11 bits per heavy atom. The molecule has 0 unspecified atom stereocenters. The van der Waals surface area contributed by atoms with Crippen molar-refractivity contribution < 1.29 is 14.1 Å². The number of benzene rings is 1. The van der Waals surface area contributed by atoms with Gasteiger partial charge in [-0.25, -0.2) is 14.2 Å². The fourth-order valence-corrected chi connectivity index (χ4v) is 2.84. The quantitative estimate of drug-likeness (QED) is 0.484. The average Bonchev–Trinajstić information content (AvgIpc) is 2.96. The van der Waals surface area contributed by atoms with E-state index in [4.69, 9.17) is 4.74 Å². The summed E-state index contributed by atoms with van der Waals surface area (Å²) in [6.45, 7) is 2.10. The van der Waals surface area contributed by atoms with Gasteiger partial charge in [0.1, 0.15) is 18.2 Å². The van der Waals surface area contributed by atoms with E-state index >= 15 is 0 Å². The van der Waals surface area contributed by atoms with Crippen LogP contribution in [-0.2, 0) is 20.2 Å². The van der Waals surface area contributed by atoms with Crippen molar-refractivity contribution in [2.24, 2.45) is 7.05 Å². The monoisotopic (exact) mass is 391 g/mol. The third kappa shape index (κ3) is 3.50. The first-order valence-electron chi connectivity index (χ1n) is 8.58. The Hall–Kier alpha value is -3.50. The molecule has 3 aromatic rings. The van der Waals surface area contributed by atoms with Crippen molar-refractivity contribution in [2.45, 2.75) is 32.9 Å². The number of nitro benzene ring substituents is 1. The summed E-state index contributed by atoms with van der Waals surface area (Å²) in [6, 6.07) is 2.88. The number of imidazole rings is 1. The molecule has 0 saturated carbocycles. The summed E-state index contributed by atoms with van der Waals surface area (Å²) < 4.78 is 21.7. The molecule has 2 heterocycles. The van der Waals surface area contributed by atoms with Crippen LogP contribution in [0.3, 0.4) is 0 Å². The molecule has 0 saturated heterocycles. The first-order valence-corrected chi connectivity index (χ1v) is 8.58. The van der Waals surface area contributed by atoms with E-state index in [1.165, 1.54) is 9.13 Å². The van der Waals surface area contributed by atoms with Gasteiger partial charge in [-0.15, -0.1) is 0 Å². The second-order valence-electron chi connectivity index (χ2n) is 6.18. The minimum absolute atomic E-state index is 0.183. The SMILES string of the molecule is CCCCn1c(=O)[nH]c(=O)c2c1nc(COc1cc(F)ccc1[N+](=O)[O-])n2C. The molecule has 0 amide bonds. The second kappa shape index (κ2) is 7.62. The lowest BCUT2D eigenvalue weighted by molar-refractivity contribution is -0.386. The van der Waals surface area contributed by atoms with Crippen LogP contribution < -0.4 is 16.0 Å². The van der Waals surface area contributed by atoms with Gasteiger partial charge >= 0.3 is 11.4 Å². The third-order valence-electron chi connectivity index (χ3n) is 4.32. The number of nitro groups is 1. The summed E-state index contributed by atoms with van der Waals surface area (Å²) in [5.74, 6) is -0.681. The Labute approximate surface area is 157 Å². The molecule has 10 nitrogen and oxygen atoms in total. The molecule has 0 aliphatic rings. The number of halogens is 1. The van der Waals surface area contributed by atoms with Crippen LogP contribution in [0.1, 0.15) is 25.6 Å². The summed E-state index contributed by atoms with van der Waals surface area (Å²) in [5.41, 5.74) is -1.15. The zero-order valence-electron chi connectivity index (χ0n) is 15.3. The van der Waals surface area contributed by atoms with Gasteiger partial charge in [0.2, 0.25) is 0 Å². The summed E-state index contributed by atoms with van der Waals surface area (Å²) in [7, 11) is 1.57. The average molecular weight is 391 g/mol. The van der Waals surface area contributed by atoms with Crippen molar-refractivity contribution in [3.8, 4) is 5.75 Å². The topological polar surface area (TPSA) is 125 Å². The number of hydrogen-bond donors (Lipinski definition) is 1. The van der Waals surface area contributed by atoms with Crippen molar-refractivity contribution in [3.63, 3.8) is 0 Å². The van der Waals surface area contributed by atoms with Gasteiger partial charge in [0, 0.05) is 25.7 Å². The Balaban J connectivity index is 2.01. The van der Waals surface area contributed by atoms with Crippen molar-refractivity contribution in [1.82, 2.24) is 19.1 Å². The predicted octanol–water partition coefficient (Wildman–Crippen LogP) is 1.85. The zero-order chi connectivity index (χ0) is 20.4. The number of aromatic nitrogens is 4. The van der Waals surface area contributed by atoms with Crippen LogP contribution in [0.2, 0.25) is 0 Å². The van der Waals surface area contributed by atoms with Crippen LogP contribution in [0, 0.1) is 15.9 Å². The van der Waals surface area contributed by atoms with Crippen LogP contribution in [-0.4, -0.2) is 24.0 Å². The lowest BCUT2D eigenvalue weighted by Gasteiger charge is -2.06. The molecular weight excluding hydrogens is 373 g/mol.